The van der Waals surface area contributed by atoms with E-state index in [1.54, 1.807) is 19.2 Å². The van der Waals surface area contributed by atoms with Gasteiger partial charge in [-0.05, 0) is 55.7 Å². The third kappa shape index (κ3) is 5.68. The highest BCUT2D eigenvalue weighted by Crippen LogP contribution is 2.44. The first-order valence-corrected chi connectivity index (χ1v) is 12.8. The molecule has 3 N–H and O–H groups in total. The van der Waals surface area contributed by atoms with Crippen LogP contribution in [0.25, 0.3) is 11.1 Å². The number of unbranched alkanes of at least 4 members (excludes halogenated alkanes) is 1. The number of carbonyl (C=O) groups is 1. The Bertz CT molecular complexity index is 1000. The first-order valence-electron chi connectivity index (χ1n) is 12.8. The molecule has 2 aromatic carbocycles. The van der Waals surface area contributed by atoms with Crippen molar-refractivity contribution in [2.24, 2.45) is 11.7 Å². The minimum atomic E-state index is -1.20. The van der Waals surface area contributed by atoms with Crippen molar-refractivity contribution < 1.29 is 19.0 Å². The van der Waals surface area contributed by atoms with E-state index in [1.807, 2.05) is 40.1 Å². The highest BCUT2D eigenvalue weighted by molar-refractivity contribution is 5.75. The molecule has 7 heteroatoms. The zero-order valence-corrected chi connectivity index (χ0v) is 20.7. The van der Waals surface area contributed by atoms with Gasteiger partial charge >= 0.3 is 6.03 Å². The summed E-state index contributed by atoms with van der Waals surface area (Å²) >= 11 is 0. The minimum Gasteiger partial charge on any atom is -0.385 e. The van der Waals surface area contributed by atoms with Gasteiger partial charge in [0.2, 0.25) is 0 Å². The van der Waals surface area contributed by atoms with Crippen LogP contribution in [0, 0.1) is 11.7 Å². The Balaban J connectivity index is 1.65. The van der Waals surface area contributed by atoms with Gasteiger partial charge in [-0.15, -0.1) is 0 Å². The molecule has 0 aromatic heterocycles. The second kappa shape index (κ2) is 11.5. The van der Waals surface area contributed by atoms with Crippen molar-refractivity contribution >= 4 is 6.03 Å². The maximum Gasteiger partial charge on any atom is 0.320 e. The second-order valence-electron chi connectivity index (χ2n) is 9.96. The number of halogens is 1. The third-order valence-electron chi connectivity index (χ3n) is 7.58. The zero-order chi connectivity index (χ0) is 24.8. The Kier molecular flexibility index (Phi) is 8.42. The van der Waals surface area contributed by atoms with Crippen LogP contribution in [0.2, 0.25) is 0 Å². The van der Waals surface area contributed by atoms with E-state index in [0.29, 0.717) is 50.3 Å². The van der Waals surface area contributed by atoms with E-state index in [1.165, 1.54) is 6.07 Å². The lowest BCUT2D eigenvalue weighted by Gasteiger charge is -2.44. The Labute approximate surface area is 207 Å². The van der Waals surface area contributed by atoms with Gasteiger partial charge in [0.05, 0.1) is 5.60 Å². The number of nitrogens with zero attached hydrogens (tertiary/aromatic N) is 2. The number of urea groups is 1. The number of likely N-dealkylation sites (tertiary alicyclic amines) is 2. The molecule has 2 aromatic rings. The van der Waals surface area contributed by atoms with Crippen molar-refractivity contribution in [2.75, 3.05) is 39.9 Å². The predicted octanol–water partition coefficient (Wildman–Crippen LogP) is 4.36. The smallest absolute Gasteiger partial charge is 0.320 e. The maximum atomic E-state index is 14.8. The van der Waals surface area contributed by atoms with Crippen molar-refractivity contribution in [3.63, 3.8) is 0 Å². The normalized spacial score (nSPS) is 22.3. The van der Waals surface area contributed by atoms with Gasteiger partial charge in [0.15, 0.2) is 0 Å². The molecule has 6 nitrogen and oxygen atoms in total. The summed E-state index contributed by atoms with van der Waals surface area (Å²) in [4.78, 5) is 16.9. The average Bonchev–Trinajstić information content (AvgIpc) is 3.32. The summed E-state index contributed by atoms with van der Waals surface area (Å²) in [6.45, 7) is 3.03. The van der Waals surface area contributed by atoms with Crippen LogP contribution in [0.4, 0.5) is 9.18 Å². The van der Waals surface area contributed by atoms with E-state index in [9.17, 15) is 14.3 Å². The first-order chi connectivity index (χ1) is 16.9. The molecule has 0 radical (unpaired) electrons. The summed E-state index contributed by atoms with van der Waals surface area (Å²) < 4.78 is 20.1. The Morgan fingerprint density at radius 1 is 1.06 bits per heavy atom. The number of amides is 2. The van der Waals surface area contributed by atoms with Crippen molar-refractivity contribution in [1.82, 2.24) is 9.80 Å². The summed E-state index contributed by atoms with van der Waals surface area (Å²) in [5.41, 5.74) is 6.74. The number of nitrogens with two attached hydrogens (primary N) is 1. The number of ether oxygens (including phenoxy) is 1. The number of hydrogen-bond acceptors (Lipinski definition) is 4. The Morgan fingerprint density at radius 2 is 1.77 bits per heavy atom. The quantitative estimate of drug-likeness (QED) is 0.547. The van der Waals surface area contributed by atoms with Crippen LogP contribution in [-0.4, -0.2) is 66.9 Å². The molecule has 190 valence electrons. The van der Waals surface area contributed by atoms with Crippen molar-refractivity contribution in [3.05, 3.63) is 59.9 Å². The molecule has 35 heavy (non-hydrogen) atoms. The van der Waals surface area contributed by atoms with Gasteiger partial charge < -0.3 is 25.4 Å². The van der Waals surface area contributed by atoms with Crippen LogP contribution in [0.1, 0.15) is 44.1 Å². The van der Waals surface area contributed by atoms with Gasteiger partial charge in [-0.3, -0.25) is 0 Å². The molecule has 2 saturated heterocycles. The van der Waals surface area contributed by atoms with E-state index in [-0.39, 0.29) is 23.8 Å². The number of carbonyl (C=O) groups excluding carboxylic acids is 1. The molecular weight excluding hydrogens is 445 g/mol. The van der Waals surface area contributed by atoms with Crippen LogP contribution in [0.5, 0.6) is 0 Å². The van der Waals surface area contributed by atoms with Crippen molar-refractivity contribution in [2.45, 2.75) is 50.2 Å². The monoisotopic (exact) mass is 483 g/mol. The predicted molar refractivity (Wildman–Crippen MR) is 135 cm³/mol. The zero-order valence-electron chi connectivity index (χ0n) is 20.7. The fraction of sp³-hybridized carbons (Fsp3) is 0.536. The van der Waals surface area contributed by atoms with E-state index in [4.69, 9.17) is 10.5 Å². The maximum absolute atomic E-state index is 14.8. The summed E-state index contributed by atoms with van der Waals surface area (Å²) in [6.07, 6.45) is 4.54. The number of aliphatic hydroxyl groups is 1. The molecule has 4 rings (SSSR count). The van der Waals surface area contributed by atoms with Crippen LogP contribution in [0.15, 0.2) is 48.5 Å². The van der Waals surface area contributed by atoms with Gasteiger partial charge in [-0.1, -0.05) is 42.5 Å². The topological polar surface area (TPSA) is 79.0 Å². The number of hydrogen-bond donors (Lipinski definition) is 2. The highest BCUT2D eigenvalue weighted by Gasteiger charge is 2.43. The number of rotatable bonds is 8. The molecule has 3 atom stereocenters. The van der Waals surface area contributed by atoms with Gasteiger partial charge in [0, 0.05) is 57.4 Å². The molecule has 0 bridgehead atoms. The Morgan fingerprint density at radius 3 is 2.49 bits per heavy atom. The number of benzene rings is 2. The fourth-order valence-corrected chi connectivity index (χ4v) is 5.68. The van der Waals surface area contributed by atoms with Crippen LogP contribution in [-0.2, 0) is 10.3 Å². The van der Waals surface area contributed by atoms with Crippen LogP contribution < -0.4 is 5.73 Å². The number of methoxy groups -OCH3 is 1. The molecule has 2 fully saturated rings. The first kappa shape index (κ1) is 25.6. The van der Waals surface area contributed by atoms with Gasteiger partial charge in [0.1, 0.15) is 5.82 Å². The molecule has 2 aliphatic heterocycles. The molecule has 0 aliphatic carbocycles. The van der Waals surface area contributed by atoms with E-state index in [2.05, 4.69) is 0 Å². The molecule has 0 saturated carbocycles. The largest absolute Gasteiger partial charge is 0.385 e. The highest BCUT2D eigenvalue weighted by atomic mass is 19.1. The third-order valence-corrected chi connectivity index (χ3v) is 7.58. The molecule has 2 heterocycles. The molecule has 3 unspecified atom stereocenters. The van der Waals surface area contributed by atoms with Gasteiger partial charge in [-0.25, -0.2) is 9.18 Å². The van der Waals surface area contributed by atoms with Crippen molar-refractivity contribution in [3.8, 4) is 11.1 Å². The van der Waals surface area contributed by atoms with E-state index >= 15 is 0 Å². The second-order valence-corrected chi connectivity index (χ2v) is 9.96. The molecule has 2 amide bonds. The van der Waals surface area contributed by atoms with E-state index < -0.39 is 5.60 Å². The van der Waals surface area contributed by atoms with Gasteiger partial charge in [0.25, 0.3) is 0 Å². The number of piperidine rings is 1. The molecule has 2 aliphatic rings. The van der Waals surface area contributed by atoms with Gasteiger partial charge in [-0.2, -0.15) is 0 Å². The lowest BCUT2D eigenvalue weighted by Crippen LogP contribution is -2.51. The van der Waals surface area contributed by atoms with Crippen molar-refractivity contribution in [1.29, 1.82) is 0 Å². The summed E-state index contributed by atoms with van der Waals surface area (Å²) in [7, 11) is 1.68. The van der Waals surface area contributed by atoms with E-state index in [0.717, 1.165) is 37.7 Å². The summed E-state index contributed by atoms with van der Waals surface area (Å²) in [5.74, 6) is -0.473. The van der Waals surface area contributed by atoms with Crippen LogP contribution in [0.3, 0.4) is 0 Å². The average molecular weight is 484 g/mol. The standard InChI is InChI=1S/C28H38FN3O3/c1-35-18-7-6-15-28(34,25-12-4-2-10-23(25)24-11-3-5-13-26(24)29)21-9-8-16-31(19-21)27(33)32-17-14-22(30)20-32/h2-5,10-13,21-22,34H,6-9,14-20,30H2,1H3. The summed E-state index contributed by atoms with van der Waals surface area (Å²) in [6, 6.07) is 14.3. The molecule has 0 spiro atoms. The molecular formula is C28H38FN3O3. The fourth-order valence-electron chi connectivity index (χ4n) is 5.68. The minimum absolute atomic E-state index is 0.00627. The lowest BCUT2D eigenvalue weighted by atomic mass is 9.72. The van der Waals surface area contributed by atoms with Crippen LogP contribution >= 0.6 is 0 Å². The summed E-state index contributed by atoms with van der Waals surface area (Å²) in [5, 5.41) is 12.4. The SMILES string of the molecule is COCCCCC(O)(c1ccccc1-c1ccccc1F)C1CCCN(C(=O)N2CCC(N)C2)C1. The Hall–Kier alpha value is -2.48. The lowest BCUT2D eigenvalue weighted by molar-refractivity contribution is -0.0571.